The van der Waals surface area contributed by atoms with Crippen molar-refractivity contribution in [2.45, 2.75) is 0 Å². The summed E-state index contributed by atoms with van der Waals surface area (Å²) in [5.74, 6) is -0.951. The molecule has 2 heterocycles. The van der Waals surface area contributed by atoms with Crippen molar-refractivity contribution in [1.29, 1.82) is 0 Å². The molecular weight excluding hydrogens is 353 g/mol. The number of nitrogens with one attached hydrogen (secondary N) is 2. The first-order valence-electron chi connectivity index (χ1n) is 7.75. The molecule has 0 bridgehead atoms. The van der Waals surface area contributed by atoms with Gasteiger partial charge in [0.2, 0.25) is 5.43 Å². The largest absolute Gasteiger partial charge is 0.360 e. The summed E-state index contributed by atoms with van der Waals surface area (Å²) >= 11 is 1.16. The third kappa shape index (κ3) is 2.89. The quantitative estimate of drug-likeness (QED) is 0.575. The topological polar surface area (TPSA) is 74.8 Å². The van der Waals surface area contributed by atoms with E-state index in [1.807, 2.05) is 0 Å². The summed E-state index contributed by atoms with van der Waals surface area (Å²) in [6.07, 6.45) is 1.38. The zero-order chi connectivity index (χ0) is 18.1. The number of pyridine rings is 1. The van der Waals surface area contributed by atoms with Gasteiger partial charge < -0.3 is 4.98 Å². The van der Waals surface area contributed by atoms with Gasteiger partial charge in [-0.05, 0) is 24.3 Å². The third-order valence-corrected chi connectivity index (χ3v) is 4.67. The van der Waals surface area contributed by atoms with Crippen molar-refractivity contribution in [2.24, 2.45) is 0 Å². The zero-order valence-electron chi connectivity index (χ0n) is 13.3. The Kier molecular flexibility index (Phi) is 4.06. The average molecular weight is 365 g/mol. The Bertz CT molecular complexity index is 1180. The van der Waals surface area contributed by atoms with Crippen LogP contribution in [0.2, 0.25) is 0 Å². The van der Waals surface area contributed by atoms with Gasteiger partial charge in [-0.15, -0.1) is 11.3 Å². The first kappa shape index (κ1) is 16.2. The minimum Gasteiger partial charge on any atom is -0.360 e. The Balaban J connectivity index is 1.63. The number of aromatic amines is 1. The highest BCUT2D eigenvalue weighted by Gasteiger charge is 2.15. The Labute approximate surface area is 151 Å². The van der Waals surface area contributed by atoms with E-state index in [4.69, 9.17) is 0 Å². The van der Waals surface area contributed by atoms with Gasteiger partial charge >= 0.3 is 0 Å². The number of carbonyl (C=O) groups is 1. The van der Waals surface area contributed by atoms with Crippen LogP contribution in [0.4, 0.5) is 9.52 Å². The smallest absolute Gasteiger partial charge is 0.262 e. The van der Waals surface area contributed by atoms with Gasteiger partial charge in [0.15, 0.2) is 5.13 Å². The highest BCUT2D eigenvalue weighted by Crippen LogP contribution is 2.27. The Hall–Kier alpha value is -3.32. The van der Waals surface area contributed by atoms with Crippen molar-refractivity contribution in [3.8, 4) is 11.3 Å². The molecule has 0 aliphatic rings. The number of anilines is 1. The van der Waals surface area contributed by atoms with Crippen molar-refractivity contribution >= 4 is 33.3 Å². The summed E-state index contributed by atoms with van der Waals surface area (Å²) < 4.78 is 13.8. The molecule has 2 aromatic heterocycles. The summed E-state index contributed by atoms with van der Waals surface area (Å²) in [5.41, 5.74) is 1.07. The van der Waals surface area contributed by atoms with Crippen LogP contribution in [0.3, 0.4) is 0 Å². The van der Waals surface area contributed by atoms with E-state index in [1.165, 1.54) is 12.3 Å². The molecule has 7 heteroatoms. The number of benzene rings is 2. The van der Waals surface area contributed by atoms with Crippen molar-refractivity contribution < 1.29 is 9.18 Å². The SMILES string of the molecule is O=C(Nc1nc(-c2ccccc2F)cs1)c1c[nH]c2ccccc2c1=O. The van der Waals surface area contributed by atoms with Crippen LogP contribution >= 0.6 is 11.3 Å². The van der Waals surface area contributed by atoms with Crippen molar-refractivity contribution in [3.05, 3.63) is 81.7 Å². The summed E-state index contributed by atoms with van der Waals surface area (Å²) in [4.78, 5) is 32.1. The van der Waals surface area contributed by atoms with Crippen LogP contribution in [0.5, 0.6) is 0 Å². The molecular formula is C19H12FN3O2S. The lowest BCUT2D eigenvalue weighted by Gasteiger charge is -2.03. The van der Waals surface area contributed by atoms with Gasteiger partial charge in [-0.25, -0.2) is 9.37 Å². The maximum Gasteiger partial charge on any atom is 0.262 e. The molecule has 2 N–H and O–H groups in total. The molecule has 0 unspecified atom stereocenters. The number of amides is 1. The second-order valence-electron chi connectivity index (χ2n) is 5.55. The lowest BCUT2D eigenvalue weighted by Crippen LogP contribution is -2.21. The van der Waals surface area contributed by atoms with Crippen molar-refractivity contribution in [1.82, 2.24) is 9.97 Å². The number of rotatable bonds is 3. The van der Waals surface area contributed by atoms with E-state index in [1.54, 1.807) is 47.8 Å². The second kappa shape index (κ2) is 6.53. The number of thiazole rings is 1. The summed E-state index contributed by atoms with van der Waals surface area (Å²) in [6.45, 7) is 0. The van der Waals surface area contributed by atoms with E-state index < -0.39 is 5.91 Å². The molecule has 0 atom stereocenters. The fourth-order valence-corrected chi connectivity index (χ4v) is 3.33. The number of hydrogen-bond acceptors (Lipinski definition) is 4. The Morgan fingerprint density at radius 1 is 1.12 bits per heavy atom. The molecule has 0 saturated carbocycles. The lowest BCUT2D eigenvalue weighted by molar-refractivity contribution is 0.102. The van der Waals surface area contributed by atoms with Crippen LogP contribution in [-0.4, -0.2) is 15.9 Å². The van der Waals surface area contributed by atoms with E-state index >= 15 is 0 Å². The van der Waals surface area contributed by atoms with E-state index in [2.05, 4.69) is 15.3 Å². The van der Waals surface area contributed by atoms with Crippen molar-refractivity contribution in [2.75, 3.05) is 5.32 Å². The number of aromatic nitrogens is 2. The molecule has 0 radical (unpaired) electrons. The molecule has 2 aromatic carbocycles. The standard InChI is InChI=1S/C19H12FN3O2S/c20-14-7-3-1-5-11(14)16-10-26-19(22-16)23-18(25)13-9-21-15-8-4-2-6-12(15)17(13)24/h1-10H,(H,21,24)(H,22,23,25). The Morgan fingerprint density at radius 3 is 2.73 bits per heavy atom. The average Bonchev–Trinajstić information content (AvgIpc) is 3.10. The number of hydrogen-bond donors (Lipinski definition) is 2. The minimum absolute atomic E-state index is 0.00802. The van der Waals surface area contributed by atoms with Gasteiger partial charge in [0.1, 0.15) is 11.4 Å². The van der Waals surface area contributed by atoms with Gasteiger partial charge in [-0.2, -0.15) is 0 Å². The van der Waals surface area contributed by atoms with E-state index in [-0.39, 0.29) is 16.8 Å². The van der Waals surface area contributed by atoms with Crippen LogP contribution in [0.15, 0.2) is 64.9 Å². The van der Waals surface area contributed by atoms with Crippen LogP contribution in [0.1, 0.15) is 10.4 Å². The molecule has 26 heavy (non-hydrogen) atoms. The van der Waals surface area contributed by atoms with Gasteiger partial charge in [-0.1, -0.05) is 24.3 Å². The fourth-order valence-electron chi connectivity index (χ4n) is 2.62. The predicted molar refractivity (Wildman–Crippen MR) is 100 cm³/mol. The number of fused-ring (bicyclic) bond motifs is 1. The predicted octanol–water partition coefficient (Wildman–Crippen LogP) is 4.04. The van der Waals surface area contributed by atoms with Crippen LogP contribution < -0.4 is 10.7 Å². The third-order valence-electron chi connectivity index (χ3n) is 3.91. The number of para-hydroxylation sites is 1. The number of H-pyrrole nitrogens is 1. The number of carbonyl (C=O) groups excluding carboxylic acids is 1. The summed E-state index contributed by atoms with van der Waals surface area (Å²) in [5, 5.41) is 4.98. The molecule has 1 amide bonds. The Morgan fingerprint density at radius 2 is 1.88 bits per heavy atom. The molecule has 0 fully saturated rings. The molecule has 0 aliphatic carbocycles. The molecule has 0 spiro atoms. The minimum atomic E-state index is -0.563. The van der Waals surface area contributed by atoms with Crippen LogP contribution in [0, 0.1) is 5.82 Å². The fraction of sp³-hybridized carbons (Fsp3) is 0. The van der Waals surface area contributed by atoms with E-state index in [9.17, 15) is 14.0 Å². The zero-order valence-corrected chi connectivity index (χ0v) is 14.1. The molecule has 4 aromatic rings. The molecule has 4 rings (SSSR count). The molecule has 0 saturated heterocycles. The highest BCUT2D eigenvalue weighted by atomic mass is 32.1. The number of halogens is 1. The van der Waals surface area contributed by atoms with Crippen molar-refractivity contribution in [3.63, 3.8) is 0 Å². The summed E-state index contributed by atoms with van der Waals surface area (Å²) in [6, 6.07) is 13.2. The molecule has 128 valence electrons. The second-order valence-corrected chi connectivity index (χ2v) is 6.41. The highest BCUT2D eigenvalue weighted by molar-refractivity contribution is 7.14. The lowest BCUT2D eigenvalue weighted by atomic mass is 10.1. The first-order valence-corrected chi connectivity index (χ1v) is 8.63. The van der Waals surface area contributed by atoms with E-state index in [0.717, 1.165) is 11.3 Å². The van der Waals surface area contributed by atoms with Gasteiger partial charge in [0.05, 0.1) is 5.69 Å². The maximum absolute atomic E-state index is 13.8. The van der Waals surface area contributed by atoms with Gasteiger partial charge in [-0.3, -0.25) is 14.9 Å². The normalized spacial score (nSPS) is 10.8. The van der Waals surface area contributed by atoms with E-state index in [0.29, 0.717) is 27.3 Å². The van der Waals surface area contributed by atoms with Crippen LogP contribution in [0.25, 0.3) is 22.2 Å². The molecule has 5 nitrogen and oxygen atoms in total. The maximum atomic E-state index is 13.8. The first-order chi connectivity index (χ1) is 12.6. The number of nitrogens with zero attached hydrogens (tertiary/aromatic N) is 1. The monoisotopic (exact) mass is 365 g/mol. The van der Waals surface area contributed by atoms with Gasteiger partial charge in [0.25, 0.3) is 5.91 Å². The summed E-state index contributed by atoms with van der Waals surface area (Å²) in [7, 11) is 0. The van der Waals surface area contributed by atoms with Crippen LogP contribution in [-0.2, 0) is 0 Å². The van der Waals surface area contributed by atoms with Gasteiger partial charge in [0, 0.05) is 28.0 Å². The molecule has 0 aliphatic heterocycles.